The Labute approximate surface area is 175 Å². The highest BCUT2D eigenvalue weighted by Gasteiger charge is 2.27. The van der Waals surface area contributed by atoms with Crippen molar-refractivity contribution in [1.82, 2.24) is 14.9 Å². The van der Waals surface area contributed by atoms with E-state index in [0.717, 1.165) is 31.0 Å². The maximum atomic E-state index is 11.2. The second-order valence-electron chi connectivity index (χ2n) is 8.00. The van der Waals surface area contributed by atoms with Gasteiger partial charge in [-0.3, -0.25) is 0 Å². The van der Waals surface area contributed by atoms with Crippen molar-refractivity contribution in [1.29, 1.82) is 0 Å². The average molecular weight is 403 g/mol. The third-order valence-corrected chi connectivity index (χ3v) is 6.27. The van der Waals surface area contributed by atoms with E-state index in [9.17, 15) is 9.90 Å². The Morgan fingerprint density at radius 1 is 0.967 bits per heavy atom. The minimum absolute atomic E-state index is 0.509. The van der Waals surface area contributed by atoms with Crippen LogP contribution in [0, 0.1) is 6.92 Å². The molecule has 0 saturated carbocycles. The first-order valence-corrected chi connectivity index (χ1v) is 10.4. The highest BCUT2D eigenvalue weighted by Crippen LogP contribution is 2.34. The lowest BCUT2D eigenvalue weighted by atomic mass is 10.00. The van der Waals surface area contributed by atoms with Gasteiger partial charge in [-0.2, -0.15) is 0 Å². The zero-order valence-electron chi connectivity index (χ0n) is 17.1. The van der Waals surface area contributed by atoms with Crippen LogP contribution in [0.3, 0.4) is 0 Å². The Morgan fingerprint density at radius 2 is 1.73 bits per heavy atom. The predicted octanol–water partition coefficient (Wildman–Crippen LogP) is 3.30. The molecule has 3 aromatic rings. The lowest BCUT2D eigenvalue weighted by Gasteiger charge is -2.37. The monoisotopic (exact) mass is 403 g/mol. The fourth-order valence-corrected chi connectivity index (χ4v) is 4.69. The molecule has 0 radical (unpaired) electrons. The summed E-state index contributed by atoms with van der Waals surface area (Å²) in [6.07, 6.45) is 1.68. The van der Waals surface area contributed by atoms with E-state index in [2.05, 4.69) is 63.1 Å². The molecule has 0 aliphatic carbocycles. The molecule has 2 aliphatic heterocycles. The molecule has 1 saturated heterocycles. The minimum atomic E-state index is -0.847. The van der Waals surface area contributed by atoms with Crippen molar-refractivity contribution in [3.05, 3.63) is 59.5 Å². The van der Waals surface area contributed by atoms with Crippen molar-refractivity contribution in [3.63, 3.8) is 0 Å². The largest absolute Gasteiger partial charge is 0.465 e. The molecule has 7 nitrogen and oxygen atoms in total. The second-order valence-corrected chi connectivity index (χ2v) is 8.00. The summed E-state index contributed by atoms with van der Waals surface area (Å²) in [4.78, 5) is 26.5. The number of fused-ring (bicyclic) bond motifs is 2. The van der Waals surface area contributed by atoms with Gasteiger partial charge in [0.2, 0.25) is 0 Å². The van der Waals surface area contributed by atoms with E-state index in [1.54, 1.807) is 6.33 Å². The van der Waals surface area contributed by atoms with Crippen LogP contribution < -0.4 is 9.80 Å². The summed E-state index contributed by atoms with van der Waals surface area (Å²) < 4.78 is 0. The van der Waals surface area contributed by atoms with E-state index in [1.807, 2.05) is 0 Å². The first-order chi connectivity index (χ1) is 14.6. The summed E-state index contributed by atoms with van der Waals surface area (Å²) in [5.74, 6) is 0.971. The molecule has 154 valence electrons. The molecule has 1 aromatic heterocycles. The number of benzene rings is 2. The van der Waals surface area contributed by atoms with Gasteiger partial charge in [-0.1, -0.05) is 30.3 Å². The van der Waals surface area contributed by atoms with Crippen molar-refractivity contribution in [2.75, 3.05) is 42.5 Å². The molecule has 2 aromatic carbocycles. The normalized spacial score (nSPS) is 16.6. The molecule has 0 unspecified atom stereocenters. The summed E-state index contributed by atoms with van der Waals surface area (Å²) in [7, 11) is 0. The maximum Gasteiger partial charge on any atom is 0.407 e. The lowest BCUT2D eigenvalue weighted by Crippen LogP contribution is -2.49. The van der Waals surface area contributed by atoms with Gasteiger partial charge in [-0.05, 0) is 30.4 Å². The molecule has 2 aliphatic rings. The molecule has 0 spiro atoms. The number of carboxylic acid groups (broad SMARTS) is 1. The number of nitrogens with zero attached hydrogens (tertiary/aromatic N) is 5. The zero-order valence-corrected chi connectivity index (χ0v) is 17.1. The molecule has 30 heavy (non-hydrogen) atoms. The second kappa shape index (κ2) is 7.48. The number of aromatic nitrogens is 2. The molecule has 1 fully saturated rings. The summed E-state index contributed by atoms with van der Waals surface area (Å²) >= 11 is 0. The quantitative estimate of drug-likeness (QED) is 0.708. The summed E-state index contributed by atoms with van der Waals surface area (Å²) in [6, 6.07) is 12.9. The highest BCUT2D eigenvalue weighted by molar-refractivity contribution is 5.97. The fraction of sp³-hybridized carbons (Fsp3) is 0.348. The van der Waals surface area contributed by atoms with Crippen molar-refractivity contribution in [2.24, 2.45) is 0 Å². The number of rotatable bonds is 2. The molecule has 7 heteroatoms. The van der Waals surface area contributed by atoms with Gasteiger partial charge in [0.1, 0.15) is 12.1 Å². The van der Waals surface area contributed by atoms with Crippen LogP contribution in [0.2, 0.25) is 0 Å². The van der Waals surface area contributed by atoms with E-state index in [4.69, 9.17) is 0 Å². The number of piperazine rings is 1. The van der Waals surface area contributed by atoms with Gasteiger partial charge in [-0.25, -0.2) is 14.8 Å². The van der Waals surface area contributed by atoms with Gasteiger partial charge in [0.05, 0.1) is 12.2 Å². The summed E-state index contributed by atoms with van der Waals surface area (Å²) in [6.45, 7) is 6.19. The Morgan fingerprint density at radius 3 is 2.50 bits per heavy atom. The molecule has 0 bridgehead atoms. The number of aryl methyl sites for hydroxylation is 1. The van der Waals surface area contributed by atoms with E-state index in [1.165, 1.54) is 32.5 Å². The van der Waals surface area contributed by atoms with Gasteiger partial charge in [0.25, 0.3) is 0 Å². The van der Waals surface area contributed by atoms with E-state index in [0.29, 0.717) is 26.2 Å². The van der Waals surface area contributed by atoms with Crippen molar-refractivity contribution >= 4 is 28.4 Å². The zero-order chi connectivity index (χ0) is 20.7. The first-order valence-electron chi connectivity index (χ1n) is 10.4. The number of amides is 1. The van der Waals surface area contributed by atoms with E-state index >= 15 is 0 Å². The van der Waals surface area contributed by atoms with E-state index < -0.39 is 6.09 Å². The Hall–Kier alpha value is -3.35. The molecular formula is C23H25N5O2. The van der Waals surface area contributed by atoms with E-state index in [-0.39, 0.29) is 0 Å². The Kier molecular flexibility index (Phi) is 4.65. The van der Waals surface area contributed by atoms with Crippen LogP contribution in [0.4, 0.5) is 16.3 Å². The summed E-state index contributed by atoms with van der Waals surface area (Å²) in [5, 5.41) is 11.8. The lowest BCUT2D eigenvalue weighted by molar-refractivity contribution is 0.142. The van der Waals surface area contributed by atoms with Crippen LogP contribution in [0.5, 0.6) is 0 Å². The molecule has 1 N–H and O–H groups in total. The van der Waals surface area contributed by atoms with Gasteiger partial charge in [0.15, 0.2) is 0 Å². The van der Waals surface area contributed by atoms with Crippen LogP contribution in [-0.4, -0.2) is 58.8 Å². The van der Waals surface area contributed by atoms with Crippen LogP contribution in [0.25, 0.3) is 10.8 Å². The van der Waals surface area contributed by atoms with Crippen LogP contribution in [0.1, 0.15) is 16.8 Å². The number of anilines is 2. The third kappa shape index (κ3) is 3.20. The van der Waals surface area contributed by atoms with Gasteiger partial charge < -0.3 is 19.8 Å². The Bertz CT molecular complexity index is 1100. The average Bonchev–Trinajstić information content (AvgIpc) is 2.78. The van der Waals surface area contributed by atoms with Crippen LogP contribution in [-0.2, 0) is 13.0 Å². The smallest absolute Gasteiger partial charge is 0.407 e. The van der Waals surface area contributed by atoms with Gasteiger partial charge in [-0.15, -0.1) is 0 Å². The van der Waals surface area contributed by atoms with Crippen LogP contribution >= 0.6 is 0 Å². The number of hydrogen-bond acceptors (Lipinski definition) is 5. The molecule has 3 heterocycles. The van der Waals surface area contributed by atoms with Crippen molar-refractivity contribution < 1.29 is 9.90 Å². The topological polar surface area (TPSA) is 72.8 Å². The van der Waals surface area contributed by atoms with Gasteiger partial charge >= 0.3 is 6.09 Å². The minimum Gasteiger partial charge on any atom is -0.465 e. The van der Waals surface area contributed by atoms with Crippen LogP contribution in [0.15, 0.2) is 42.7 Å². The molecular weight excluding hydrogens is 378 g/mol. The third-order valence-electron chi connectivity index (χ3n) is 6.27. The molecule has 1 amide bonds. The van der Waals surface area contributed by atoms with Crippen molar-refractivity contribution in [3.8, 4) is 0 Å². The fourth-order valence-electron chi connectivity index (χ4n) is 4.69. The SMILES string of the molecule is Cc1cccc2cccc(N3CCc4c(ncnc4N4CCN(C(=O)O)CC4)C3)c12. The number of carbonyl (C=O) groups is 1. The maximum absolute atomic E-state index is 11.2. The Balaban J connectivity index is 1.43. The number of hydrogen-bond donors (Lipinski definition) is 1. The molecule has 0 atom stereocenters. The molecule has 5 rings (SSSR count). The van der Waals surface area contributed by atoms with Crippen molar-refractivity contribution in [2.45, 2.75) is 19.9 Å². The van der Waals surface area contributed by atoms with Gasteiger partial charge in [0, 0.05) is 49.4 Å². The standard InChI is InChI=1S/C23H25N5O2/c1-16-4-2-5-17-6-3-7-20(21(16)17)28-9-8-18-19(14-28)24-15-25-22(18)26-10-12-27(13-11-26)23(29)30/h2-7,15H,8-14H2,1H3,(H,29,30). The highest BCUT2D eigenvalue weighted by atomic mass is 16.4. The first kappa shape index (κ1) is 18.7. The predicted molar refractivity (Wildman–Crippen MR) is 117 cm³/mol. The summed E-state index contributed by atoms with van der Waals surface area (Å²) in [5.41, 5.74) is 4.81.